The molecule has 0 unspecified atom stereocenters. The van der Waals surface area contributed by atoms with Crippen molar-refractivity contribution in [1.82, 2.24) is 10.1 Å². The molecule has 0 atom stereocenters. The Morgan fingerprint density at radius 3 is 2.45 bits per heavy atom. The highest BCUT2D eigenvalue weighted by Crippen LogP contribution is 2.31. The number of benzene rings is 1. The number of pyridine rings is 1. The lowest BCUT2D eigenvalue weighted by atomic mass is 10.1. The molecule has 0 aliphatic heterocycles. The highest BCUT2D eigenvalue weighted by molar-refractivity contribution is 5.84. The fourth-order valence-electron chi connectivity index (χ4n) is 2.06. The number of fused-ring (bicyclic) bond motifs is 1. The first kappa shape index (κ1) is 12.5. The number of ether oxygens (including phenoxy) is 2. The van der Waals surface area contributed by atoms with Crippen LogP contribution in [0.4, 0.5) is 0 Å². The Kier molecular flexibility index (Phi) is 3.02. The lowest BCUT2D eigenvalue weighted by Crippen LogP contribution is -1.90. The van der Waals surface area contributed by atoms with E-state index in [0.717, 1.165) is 28.2 Å². The maximum atomic E-state index is 5.35. The molecular formula is C15H14N2O3. The minimum absolute atomic E-state index is 0.572. The van der Waals surface area contributed by atoms with Crippen molar-refractivity contribution in [1.29, 1.82) is 0 Å². The molecule has 0 spiro atoms. The summed E-state index contributed by atoms with van der Waals surface area (Å²) in [5.41, 5.74) is 3.82. The molecule has 5 nitrogen and oxygen atoms in total. The SMILES string of the molecule is COc1ccc(-c2cc(OC)c3onc(C)c3n2)cc1. The Morgan fingerprint density at radius 1 is 1.05 bits per heavy atom. The molecule has 3 rings (SSSR count). The molecule has 0 aliphatic rings. The average molecular weight is 270 g/mol. The molecule has 2 aromatic heterocycles. The number of nitrogens with zero attached hydrogens (tertiary/aromatic N) is 2. The summed E-state index contributed by atoms with van der Waals surface area (Å²) in [5.74, 6) is 1.43. The standard InChI is InChI=1S/C15H14N2O3/c1-9-14-15(20-17-9)13(19-3)8-12(16-14)10-4-6-11(18-2)7-5-10/h4-8H,1-3H3. The molecule has 20 heavy (non-hydrogen) atoms. The molecule has 0 saturated heterocycles. The molecule has 0 radical (unpaired) electrons. The number of hydrogen-bond donors (Lipinski definition) is 0. The normalized spacial score (nSPS) is 10.8. The van der Waals surface area contributed by atoms with E-state index in [1.165, 1.54) is 0 Å². The summed E-state index contributed by atoms with van der Waals surface area (Å²) in [6.07, 6.45) is 0. The zero-order valence-corrected chi connectivity index (χ0v) is 11.5. The van der Waals surface area contributed by atoms with E-state index in [9.17, 15) is 0 Å². The minimum atomic E-state index is 0.572. The summed E-state index contributed by atoms with van der Waals surface area (Å²) >= 11 is 0. The number of aromatic nitrogens is 2. The van der Waals surface area contributed by atoms with Crippen LogP contribution in [0.5, 0.6) is 11.5 Å². The van der Waals surface area contributed by atoms with Gasteiger partial charge in [-0.25, -0.2) is 4.98 Å². The Balaban J connectivity index is 2.17. The van der Waals surface area contributed by atoms with Gasteiger partial charge < -0.3 is 14.0 Å². The van der Waals surface area contributed by atoms with E-state index in [-0.39, 0.29) is 0 Å². The average Bonchev–Trinajstić information content (AvgIpc) is 2.88. The lowest BCUT2D eigenvalue weighted by molar-refractivity contribution is 0.391. The number of hydrogen-bond acceptors (Lipinski definition) is 5. The van der Waals surface area contributed by atoms with Gasteiger partial charge >= 0.3 is 0 Å². The first-order valence-electron chi connectivity index (χ1n) is 6.18. The van der Waals surface area contributed by atoms with Crippen LogP contribution in [0.3, 0.4) is 0 Å². The predicted octanol–water partition coefficient (Wildman–Crippen LogP) is 3.22. The van der Waals surface area contributed by atoms with E-state index in [1.54, 1.807) is 14.2 Å². The quantitative estimate of drug-likeness (QED) is 0.731. The maximum absolute atomic E-state index is 5.35. The zero-order chi connectivity index (χ0) is 14.1. The largest absolute Gasteiger partial charge is 0.497 e. The van der Waals surface area contributed by atoms with Crippen LogP contribution in [0.2, 0.25) is 0 Å². The fourth-order valence-corrected chi connectivity index (χ4v) is 2.06. The van der Waals surface area contributed by atoms with Gasteiger partial charge in [0.15, 0.2) is 5.75 Å². The second-order valence-electron chi connectivity index (χ2n) is 4.38. The third kappa shape index (κ3) is 1.97. The molecule has 0 saturated carbocycles. The van der Waals surface area contributed by atoms with Gasteiger partial charge in [0.25, 0.3) is 0 Å². The summed E-state index contributed by atoms with van der Waals surface area (Å²) in [6, 6.07) is 9.54. The summed E-state index contributed by atoms with van der Waals surface area (Å²) in [4.78, 5) is 4.59. The molecule has 2 heterocycles. The van der Waals surface area contributed by atoms with Crippen molar-refractivity contribution in [3.63, 3.8) is 0 Å². The molecule has 0 aliphatic carbocycles. The Morgan fingerprint density at radius 2 is 1.80 bits per heavy atom. The molecule has 102 valence electrons. The number of rotatable bonds is 3. The van der Waals surface area contributed by atoms with Crippen LogP contribution in [0.1, 0.15) is 5.69 Å². The molecule has 0 N–H and O–H groups in total. The van der Waals surface area contributed by atoms with E-state index in [0.29, 0.717) is 11.3 Å². The van der Waals surface area contributed by atoms with Crippen molar-refractivity contribution in [3.8, 4) is 22.8 Å². The molecule has 5 heteroatoms. The third-order valence-electron chi connectivity index (χ3n) is 3.16. The van der Waals surface area contributed by atoms with Crippen molar-refractivity contribution in [2.24, 2.45) is 0 Å². The van der Waals surface area contributed by atoms with Gasteiger partial charge in [0.05, 0.1) is 19.9 Å². The fraction of sp³-hybridized carbons (Fsp3) is 0.200. The molecule has 3 aromatic rings. The molecular weight excluding hydrogens is 256 g/mol. The minimum Gasteiger partial charge on any atom is -0.497 e. The van der Waals surface area contributed by atoms with Gasteiger partial charge in [0.2, 0.25) is 5.58 Å². The van der Waals surface area contributed by atoms with Crippen LogP contribution < -0.4 is 9.47 Å². The first-order valence-corrected chi connectivity index (χ1v) is 6.18. The highest BCUT2D eigenvalue weighted by atomic mass is 16.5. The van der Waals surface area contributed by atoms with E-state index in [2.05, 4.69) is 10.1 Å². The Labute approximate surface area is 116 Å². The van der Waals surface area contributed by atoms with Gasteiger partial charge in [-0.05, 0) is 31.2 Å². The third-order valence-corrected chi connectivity index (χ3v) is 3.16. The van der Waals surface area contributed by atoms with E-state index in [4.69, 9.17) is 14.0 Å². The van der Waals surface area contributed by atoms with Crippen LogP contribution in [-0.4, -0.2) is 24.4 Å². The van der Waals surface area contributed by atoms with Gasteiger partial charge in [-0.3, -0.25) is 0 Å². The van der Waals surface area contributed by atoms with Gasteiger partial charge in [0, 0.05) is 11.6 Å². The molecule has 0 amide bonds. The highest BCUT2D eigenvalue weighted by Gasteiger charge is 2.14. The van der Waals surface area contributed by atoms with Gasteiger partial charge in [-0.1, -0.05) is 5.16 Å². The Hall–Kier alpha value is -2.56. The van der Waals surface area contributed by atoms with E-state index >= 15 is 0 Å². The maximum Gasteiger partial charge on any atom is 0.227 e. The van der Waals surface area contributed by atoms with E-state index < -0.39 is 0 Å². The predicted molar refractivity (Wildman–Crippen MR) is 75.1 cm³/mol. The molecule has 0 bridgehead atoms. The van der Waals surface area contributed by atoms with Crippen molar-refractivity contribution in [2.75, 3.05) is 14.2 Å². The summed E-state index contributed by atoms with van der Waals surface area (Å²) < 4.78 is 15.7. The second-order valence-corrected chi connectivity index (χ2v) is 4.38. The number of aryl methyl sites for hydroxylation is 1. The monoisotopic (exact) mass is 270 g/mol. The Bertz CT molecular complexity index is 748. The summed E-state index contributed by atoms with van der Waals surface area (Å²) in [6.45, 7) is 1.86. The van der Waals surface area contributed by atoms with Gasteiger partial charge in [-0.15, -0.1) is 0 Å². The second kappa shape index (κ2) is 4.85. The topological polar surface area (TPSA) is 57.4 Å². The zero-order valence-electron chi connectivity index (χ0n) is 11.5. The summed E-state index contributed by atoms with van der Waals surface area (Å²) in [7, 11) is 3.24. The van der Waals surface area contributed by atoms with Gasteiger partial charge in [0.1, 0.15) is 17.0 Å². The van der Waals surface area contributed by atoms with Crippen LogP contribution in [0, 0.1) is 6.92 Å². The summed E-state index contributed by atoms with van der Waals surface area (Å²) in [5, 5.41) is 3.93. The first-order chi connectivity index (χ1) is 9.72. The molecule has 0 fully saturated rings. The van der Waals surface area contributed by atoms with Gasteiger partial charge in [-0.2, -0.15) is 0 Å². The smallest absolute Gasteiger partial charge is 0.227 e. The van der Waals surface area contributed by atoms with Crippen molar-refractivity contribution in [2.45, 2.75) is 6.92 Å². The van der Waals surface area contributed by atoms with E-state index in [1.807, 2.05) is 37.3 Å². The number of methoxy groups -OCH3 is 2. The van der Waals surface area contributed by atoms with Crippen molar-refractivity contribution < 1.29 is 14.0 Å². The molecule has 1 aromatic carbocycles. The van der Waals surface area contributed by atoms with Crippen LogP contribution in [-0.2, 0) is 0 Å². The van der Waals surface area contributed by atoms with Crippen molar-refractivity contribution in [3.05, 3.63) is 36.0 Å². The van der Waals surface area contributed by atoms with Crippen molar-refractivity contribution >= 4 is 11.1 Å². The van der Waals surface area contributed by atoms with Crippen LogP contribution in [0.25, 0.3) is 22.4 Å². The lowest BCUT2D eigenvalue weighted by Gasteiger charge is -2.06. The van der Waals surface area contributed by atoms with Crippen LogP contribution in [0.15, 0.2) is 34.9 Å². The van der Waals surface area contributed by atoms with Crippen LogP contribution >= 0.6 is 0 Å².